The van der Waals surface area contributed by atoms with Gasteiger partial charge in [0.05, 0.1) is 18.6 Å². The Hall–Kier alpha value is -3.53. The summed E-state index contributed by atoms with van der Waals surface area (Å²) < 4.78 is 0.906. The molecule has 2 bridgehead atoms. The Bertz CT molecular complexity index is 1580. The van der Waals surface area contributed by atoms with Crippen molar-refractivity contribution in [3.05, 3.63) is 115 Å². The molecule has 0 spiro atoms. The second-order valence-electron chi connectivity index (χ2n) is 11.2. The molecular formula is C34H33N2O+. The number of pyridine rings is 1. The molecule has 1 aromatic heterocycles. The molecule has 0 radical (unpaired) electrons. The number of aliphatic hydroxyl groups is 1. The fourth-order valence-corrected chi connectivity index (χ4v) is 7.56. The van der Waals surface area contributed by atoms with Gasteiger partial charge in [-0.2, -0.15) is 0 Å². The van der Waals surface area contributed by atoms with Gasteiger partial charge in [-0.3, -0.25) is 4.98 Å². The maximum absolute atomic E-state index is 12.1. The maximum atomic E-state index is 12.1. The van der Waals surface area contributed by atoms with Crippen LogP contribution in [0.5, 0.6) is 0 Å². The van der Waals surface area contributed by atoms with Crippen LogP contribution in [0.2, 0.25) is 0 Å². The van der Waals surface area contributed by atoms with Crippen LogP contribution in [0, 0.1) is 11.8 Å². The first kappa shape index (κ1) is 22.7. The number of benzene rings is 4. The van der Waals surface area contributed by atoms with Crippen molar-refractivity contribution in [2.45, 2.75) is 31.5 Å². The summed E-state index contributed by atoms with van der Waals surface area (Å²) in [4.78, 5) is 4.57. The number of rotatable bonds is 5. The van der Waals surface area contributed by atoms with Gasteiger partial charge >= 0.3 is 0 Å². The van der Waals surface area contributed by atoms with Crippen LogP contribution in [0.3, 0.4) is 0 Å². The van der Waals surface area contributed by atoms with E-state index in [9.17, 15) is 5.11 Å². The highest BCUT2D eigenvalue weighted by atomic mass is 16.3. The first-order valence-electron chi connectivity index (χ1n) is 13.6. The zero-order chi connectivity index (χ0) is 25.0. The highest BCUT2D eigenvalue weighted by Crippen LogP contribution is 2.49. The maximum Gasteiger partial charge on any atom is 0.131 e. The minimum atomic E-state index is -0.539. The van der Waals surface area contributed by atoms with E-state index in [0.717, 1.165) is 47.0 Å². The Balaban J connectivity index is 1.39. The third-order valence-electron chi connectivity index (χ3n) is 9.40. The van der Waals surface area contributed by atoms with Gasteiger partial charge in [0.15, 0.2) is 0 Å². The number of nitrogens with zero attached hydrogens (tertiary/aromatic N) is 2. The molecule has 2 unspecified atom stereocenters. The first-order chi connectivity index (χ1) is 18.2. The third-order valence-corrected chi connectivity index (χ3v) is 9.40. The third kappa shape index (κ3) is 3.60. The van der Waals surface area contributed by atoms with E-state index in [4.69, 9.17) is 0 Å². The first-order valence-corrected chi connectivity index (χ1v) is 13.6. The van der Waals surface area contributed by atoms with Crippen LogP contribution in [0.1, 0.15) is 30.1 Å². The van der Waals surface area contributed by atoms with Crippen LogP contribution in [0.15, 0.2) is 104 Å². The van der Waals surface area contributed by atoms with E-state index >= 15 is 0 Å². The number of piperidine rings is 3. The molecule has 3 heteroatoms. The molecule has 4 aromatic carbocycles. The van der Waals surface area contributed by atoms with Crippen LogP contribution in [-0.2, 0) is 6.54 Å². The molecular weight excluding hydrogens is 452 g/mol. The summed E-state index contributed by atoms with van der Waals surface area (Å²) in [6, 6.07) is 30.3. The molecule has 8 rings (SSSR count). The molecule has 0 saturated carbocycles. The lowest BCUT2D eigenvalue weighted by molar-refractivity contribution is -0.984. The minimum Gasteiger partial charge on any atom is -0.382 e. The number of quaternary nitrogens is 1. The van der Waals surface area contributed by atoms with Crippen LogP contribution < -0.4 is 0 Å². The topological polar surface area (TPSA) is 33.1 Å². The normalized spacial score (nSPS) is 26.0. The molecule has 0 amide bonds. The molecule has 184 valence electrons. The lowest BCUT2D eigenvalue weighted by Gasteiger charge is -2.58. The van der Waals surface area contributed by atoms with Crippen molar-refractivity contribution in [2.24, 2.45) is 11.8 Å². The van der Waals surface area contributed by atoms with Crippen LogP contribution in [-0.4, -0.2) is 33.7 Å². The van der Waals surface area contributed by atoms with Crippen molar-refractivity contribution in [3.8, 4) is 0 Å². The summed E-state index contributed by atoms with van der Waals surface area (Å²) in [5, 5.41) is 18.4. The number of aromatic nitrogens is 1. The number of hydrogen-bond donors (Lipinski definition) is 1. The van der Waals surface area contributed by atoms with Gasteiger partial charge in [0.25, 0.3) is 0 Å². The molecule has 3 fully saturated rings. The number of aliphatic hydroxyl groups excluding tert-OH is 1. The van der Waals surface area contributed by atoms with Gasteiger partial charge in [0.2, 0.25) is 0 Å². The largest absolute Gasteiger partial charge is 0.382 e. The molecule has 3 aliphatic heterocycles. The van der Waals surface area contributed by atoms with Crippen molar-refractivity contribution >= 4 is 32.4 Å². The van der Waals surface area contributed by atoms with Gasteiger partial charge in [-0.05, 0) is 51.2 Å². The number of fused-ring (bicyclic) bond motifs is 6. The average molecular weight is 486 g/mol. The van der Waals surface area contributed by atoms with Crippen LogP contribution in [0.4, 0.5) is 0 Å². The monoisotopic (exact) mass is 485 g/mol. The van der Waals surface area contributed by atoms with Gasteiger partial charge in [0.1, 0.15) is 18.7 Å². The van der Waals surface area contributed by atoms with Gasteiger partial charge in [-0.1, -0.05) is 72.8 Å². The Morgan fingerprint density at radius 1 is 0.919 bits per heavy atom. The molecule has 1 N–H and O–H groups in total. The van der Waals surface area contributed by atoms with E-state index in [1.165, 1.54) is 33.5 Å². The van der Waals surface area contributed by atoms with Crippen molar-refractivity contribution in [3.63, 3.8) is 0 Å². The molecule has 5 atom stereocenters. The quantitative estimate of drug-likeness (QED) is 0.162. The summed E-state index contributed by atoms with van der Waals surface area (Å²) in [6.45, 7) is 7.28. The SMILES string of the molecule is C=C[C@H]1C[N@@+]2(Cc3c4ccccc4cc4ccccc34)CCC1CC2[C@@H](O)c1ccnc2ccccc12. The standard InChI is InChI=1S/C34H33N2O/c1-2-23-21-36(22-31-27-11-5-3-9-25(27)19-26-10-4-6-12-28(26)31)18-16-24(23)20-33(36)34(37)30-15-17-35-32-14-8-7-13-29(30)32/h2-15,17,19,23-24,33-34,37H,1,16,18,20-22H2/q+1/t23-,24?,33?,34-,36+/m0/s1. The van der Waals surface area contributed by atoms with Crippen molar-refractivity contribution in [2.75, 3.05) is 13.1 Å². The van der Waals surface area contributed by atoms with Gasteiger partial charge in [-0.25, -0.2) is 0 Å². The zero-order valence-corrected chi connectivity index (χ0v) is 21.1. The van der Waals surface area contributed by atoms with Crippen molar-refractivity contribution in [1.82, 2.24) is 4.98 Å². The predicted molar refractivity (Wildman–Crippen MR) is 152 cm³/mol. The zero-order valence-electron chi connectivity index (χ0n) is 21.1. The molecule has 0 aliphatic carbocycles. The second kappa shape index (κ2) is 8.79. The number of para-hydroxylation sites is 1. The number of hydrogen-bond acceptors (Lipinski definition) is 2. The predicted octanol–water partition coefficient (Wildman–Crippen LogP) is 7.19. The molecule has 37 heavy (non-hydrogen) atoms. The Morgan fingerprint density at radius 3 is 2.32 bits per heavy atom. The van der Waals surface area contributed by atoms with Crippen molar-refractivity contribution < 1.29 is 9.59 Å². The fraction of sp³-hybridized carbons (Fsp3) is 0.265. The van der Waals surface area contributed by atoms with Crippen molar-refractivity contribution in [1.29, 1.82) is 0 Å². The van der Waals surface area contributed by atoms with E-state index in [1.54, 1.807) is 0 Å². The smallest absolute Gasteiger partial charge is 0.131 e. The summed E-state index contributed by atoms with van der Waals surface area (Å²) in [5.74, 6) is 1.09. The van der Waals surface area contributed by atoms with Crippen LogP contribution in [0.25, 0.3) is 32.4 Å². The van der Waals surface area contributed by atoms with Gasteiger partial charge in [0, 0.05) is 35.9 Å². The van der Waals surface area contributed by atoms with Gasteiger partial charge in [-0.15, -0.1) is 6.58 Å². The van der Waals surface area contributed by atoms with E-state index in [0.29, 0.717) is 11.8 Å². The second-order valence-corrected chi connectivity index (χ2v) is 11.2. The molecule has 3 aliphatic rings. The highest BCUT2D eigenvalue weighted by molar-refractivity contribution is 6.02. The van der Waals surface area contributed by atoms with E-state index in [2.05, 4.69) is 78.3 Å². The summed E-state index contributed by atoms with van der Waals surface area (Å²) in [6.07, 6.45) is 5.72. The van der Waals surface area contributed by atoms with E-state index in [-0.39, 0.29) is 6.04 Å². The lowest BCUT2D eigenvalue weighted by Crippen LogP contribution is -2.67. The fourth-order valence-electron chi connectivity index (χ4n) is 7.56. The molecule has 3 saturated heterocycles. The molecule has 3 nitrogen and oxygen atoms in total. The Labute approximate surface area is 218 Å². The average Bonchev–Trinajstić information content (AvgIpc) is 2.96. The summed E-state index contributed by atoms with van der Waals surface area (Å²) in [5.41, 5.74) is 3.37. The molecule has 4 heterocycles. The Morgan fingerprint density at radius 2 is 1.59 bits per heavy atom. The molecule has 5 aromatic rings. The Kier molecular flexibility index (Phi) is 5.38. The highest BCUT2D eigenvalue weighted by Gasteiger charge is 2.54. The van der Waals surface area contributed by atoms with Gasteiger partial charge < -0.3 is 9.59 Å². The van der Waals surface area contributed by atoms with Crippen LogP contribution >= 0.6 is 0 Å². The van der Waals surface area contributed by atoms with E-state index in [1.807, 2.05) is 30.5 Å². The summed E-state index contributed by atoms with van der Waals surface area (Å²) in [7, 11) is 0. The lowest BCUT2D eigenvalue weighted by atomic mass is 9.71. The minimum absolute atomic E-state index is 0.137. The summed E-state index contributed by atoms with van der Waals surface area (Å²) >= 11 is 0. The van der Waals surface area contributed by atoms with E-state index < -0.39 is 6.10 Å².